The van der Waals surface area contributed by atoms with Crippen LogP contribution in [0.25, 0.3) is 0 Å². The van der Waals surface area contributed by atoms with E-state index in [1.807, 2.05) is 21.9 Å². The Kier molecular flexibility index (Phi) is 3.68. The highest BCUT2D eigenvalue weighted by Gasteiger charge is 2.32. The molecule has 2 fully saturated rings. The van der Waals surface area contributed by atoms with Crippen LogP contribution in [0.3, 0.4) is 0 Å². The van der Waals surface area contributed by atoms with Gasteiger partial charge in [-0.2, -0.15) is 0 Å². The Balaban J connectivity index is 1.62. The average molecular weight is 288 g/mol. The van der Waals surface area contributed by atoms with Crippen molar-refractivity contribution in [2.75, 3.05) is 31.9 Å². The number of urea groups is 1. The molecule has 0 spiro atoms. The molecule has 2 heterocycles. The lowest BCUT2D eigenvalue weighted by Crippen LogP contribution is -2.47. The molecule has 0 aromatic heterocycles. The molecular weight excluding hydrogens is 268 g/mol. The van der Waals surface area contributed by atoms with Crippen molar-refractivity contribution in [2.45, 2.75) is 18.9 Å². The van der Waals surface area contributed by atoms with Crippen LogP contribution in [0, 0.1) is 0 Å². The van der Waals surface area contributed by atoms with Gasteiger partial charge in [0, 0.05) is 37.9 Å². The van der Waals surface area contributed by atoms with Crippen molar-refractivity contribution in [3.63, 3.8) is 0 Å². The number of anilines is 1. The van der Waals surface area contributed by atoms with Crippen LogP contribution in [0.15, 0.2) is 24.3 Å². The fourth-order valence-corrected chi connectivity index (χ4v) is 3.08. The zero-order valence-electron chi connectivity index (χ0n) is 11.9. The molecule has 0 bridgehead atoms. The van der Waals surface area contributed by atoms with E-state index in [1.165, 1.54) is 0 Å². The van der Waals surface area contributed by atoms with E-state index in [0.29, 0.717) is 24.3 Å². The van der Waals surface area contributed by atoms with Crippen LogP contribution >= 0.6 is 0 Å². The molecule has 2 aliphatic rings. The number of hydrogen-bond donors (Lipinski definition) is 2. The van der Waals surface area contributed by atoms with Crippen LogP contribution in [0.4, 0.5) is 10.5 Å². The third-order valence-corrected chi connectivity index (χ3v) is 4.27. The van der Waals surface area contributed by atoms with Gasteiger partial charge < -0.3 is 20.9 Å². The van der Waals surface area contributed by atoms with E-state index >= 15 is 0 Å². The number of carbonyl (C=O) groups is 2. The van der Waals surface area contributed by atoms with Crippen molar-refractivity contribution in [1.82, 2.24) is 15.1 Å². The molecule has 0 radical (unpaired) electrons. The van der Waals surface area contributed by atoms with Gasteiger partial charge in [0.05, 0.1) is 5.56 Å². The summed E-state index contributed by atoms with van der Waals surface area (Å²) in [6, 6.07) is 7.42. The molecule has 1 aromatic carbocycles. The molecule has 3 rings (SSSR count). The molecule has 0 aliphatic carbocycles. The largest absolute Gasteiger partial charge is 0.398 e. The van der Waals surface area contributed by atoms with Gasteiger partial charge >= 0.3 is 6.03 Å². The van der Waals surface area contributed by atoms with Gasteiger partial charge in [-0.3, -0.25) is 4.79 Å². The maximum absolute atomic E-state index is 12.5. The molecule has 3 N–H and O–H groups in total. The molecule has 0 saturated carbocycles. The minimum absolute atomic E-state index is 0.0163. The number of nitrogens with two attached hydrogens (primary N) is 1. The van der Waals surface area contributed by atoms with Gasteiger partial charge in [0.1, 0.15) is 0 Å². The zero-order valence-corrected chi connectivity index (χ0v) is 11.9. The molecule has 1 aromatic rings. The van der Waals surface area contributed by atoms with Crippen molar-refractivity contribution >= 4 is 17.6 Å². The van der Waals surface area contributed by atoms with E-state index in [1.54, 1.807) is 12.1 Å². The lowest BCUT2D eigenvalue weighted by molar-refractivity contribution is 0.0667. The molecule has 6 heteroatoms. The average Bonchev–Trinajstić information content (AvgIpc) is 2.93. The van der Waals surface area contributed by atoms with Crippen LogP contribution in [-0.4, -0.2) is 54.0 Å². The number of piperidine rings is 1. The lowest BCUT2D eigenvalue weighted by Gasteiger charge is -2.36. The summed E-state index contributed by atoms with van der Waals surface area (Å²) in [7, 11) is 0. The highest BCUT2D eigenvalue weighted by molar-refractivity contribution is 5.99. The van der Waals surface area contributed by atoms with E-state index in [4.69, 9.17) is 5.73 Å². The van der Waals surface area contributed by atoms with Gasteiger partial charge in [-0.15, -0.1) is 0 Å². The number of likely N-dealkylation sites (tertiary alicyclic amines) is 1. The van der Waals surface area contributed by atoms with Gasteiger partial charge in [0.2, 0.25) is 0 Å². The summed E-state index contributed by atoms with van der Waals surface area (Å²) in [5, 5.41) is 2.82. The molecular formula is C15H20N4O2. The Hall–Kier alpha value is -2.24. The number of nitrogens with one attached hydrogen (secondary N) is 1. The molecule has 3 amide bonds. The van der Waals surface area contributed by atoms with E-state index in [0.717, 1.165) is 25.9 Å². The summed E-state index contributed by atoms with van der Waals surface area (Å²) in [6.45, 7) is 2.82. The SMILES string of the molecule is Nc1ccccc1C(=O)N1CCC(N2CCNC2=O)CC1. The van der Waals surface area contributed by atoms with Gasteiger partial charge in [-0.25, -0.2) is 4.79 Å². The minimum Gasteiger partial charge on any atom is -0.398 e. The minimum atomic E-state index is -0.0163. The van der Waals surface area contributed by atoms with Gasteiger partial charge in [-0.05, 0) is 25.0 Å². The van der Waals surface area contributed by atoms with E-state index < -0.39 is 0 Å². The summed E-state index contributed by atoms with van der Waals surface area (Å²) in [4.78, 5) is 27.9. The number of benzene rings is 1. The third kappa shape index (κ3) is 2.66. The van der Waals surface area contributed by atoms with Crippen LogP contribution < -0.4 is 11.1 Å². The maximum Gasteiger partial charge on any atom is 0.317 e. The van der Waals surface area contributed by atoms with Crippen LogP contribution in [-0.2, 0) is 0 Å². The quantitative estimate of drug-likeness (QED) is 0.794. The Morgan fingerprint density at radius 1 is 1.19 bits per heavy atom. The van der Waals surface area contributed by atoms with Crippen LogP contribution in [0.1, 0.15) is 23.2 Å². The molecule has 0 unspecified atom stereocenters. The van der Waals surface area contributed by atoms with E-state index in [-0.39, 0.29) is 18.0 Å². The second-order valence-corrected chi connectivity index (χ2v) is 5.54. The van der Waals surface area contributed by atoms with E-state index in [9.17, 15) is 9.59 Å². The first kappa shape index (κ1) is 13.7. The summed E-state index contributed by atoms with van der Waals surface area (Å²) >= 11 is 0. The number of nitrogen functional groups attached to an aromatic ring is 1. The summed E-state index contributed by atoms with van der Waals surface area (Å²) < 4.78 is 0. The van der Waals surface area contributed by atoms with Gasteiger partial charge in [0.25, 0.3) is 5.91 Å². The molecule has 2 aliphatic heterocycles. The Labute approximate surface area is 123 Å². The maximum atomic E-state index is 12.5. The predicted octanol–water partition coefficient (Wildman–Crippen LogP) is 0.899. The Morgan fingerprint density at radius 3 is 2.52 bits per heavy atom. The van der Waals surface area contributed by atoms with Gasteiger partial charge in [0.15, 0.2) is 0 Å². The zero-order chi connectivity index (χ0) is 14.8. The second kappa shape index (κ2) is 5.63. The predicted molar refractivity (Wildman–Crippen MR) is 79.9 cm³/mol. The molecule has 6 nitrogen and oxygen atoms in total. The highest BCUT2D eigenvalue weighted by atomic mass is 16.2. The lowest BCUT2D eigenvalue weighted by atomic mass is 10.0. The van der Waals surface area contributed by atoms with Crippen LogP contribution in [0.2, 0.25) is 0 Å². The monoisotopic (exact) mass is 288 g/mol. The fourth-order valence-electron chi connectivity index (χ4n) is 3.08. The fraction of sp³-hybridized carbons (Fsp3) is 0.467. The van der Waals surface area contributed by atoms with Crippen molar-refractivity contribution in [1.29, 1.82) is 0 Å². The third-order valence-electron chi connectivity index (χ3n) is 4.27. The number of hydrogen-bond acceptors (Lipinski definition) is 3. The first-order chi connectivity index (χ1) is 10.2. The van der Waals surface area contributed by atoms with Gasteiger partial charge in [-0.1, -0.05) is 12.1 Å². The van der Waals surface area contributed by atoms with Crippen LogP contribution in [0.5, 0.6) is 0 Å². The first-order valence-corrected chi connectivity index (χ1v) is 7.35. The first-order valence-electron chi connectivity index (χ1n) is 7.35. The molecule has 112 valence electrons. The summed E-state index contributed by atoms with van der Waals surface area (Å²) in [5.41, 5.74) is 6.95. The number of rotatable bonds is 2. The summed E-state index contributed by atoms with van der Waals surface area (Å²) in [6.07, 6.45) is 1.65. The van der Waals surface area contributed by atoms with Crippen molar-refractivity contribution in [3.05, 3.63) is 29.8 Å². The standard InChI is InChI=1S/C15H20N4O2/c16-13-4-2-1-3-12(13)14(20)18-8-5-11(6-9-18)19-10-7-17-15(19)21/h1-4,11H,5-10,16H2,(H,17,21). The number of carbonyl (C=O) groups excluding carboxylic acids is 2. The van der Waals surface area contributed by atoms with Crippen molar-refractivity contribution in [3.8, 4) is 0 Å². The second-order valence-electron chi connectivity index (χ2n) is 5.54. The molecule has 2 saturated heterocycles. The topological polar surface area (TPSA) is 78.7 Å². The number of amides is 3. The highest BCUT2D eigenvalue weighted by Crippen LogP contribution is 2.21. The Bertz CT molecular complexity index is 552. The van der Waals surface area contributed by atoms with E-state index in [2.05, 4.69) is 5.32 Å². The van der Waals surface area contributed by atoms with Crippen molar-refractivity contribution in [2.24, 2.45) is 0 Å². The smallest absolute Gasteiger partial charge is 0.317 e. The number of para-hydroxylation sites is 1. The number of nitrogens with zero attached hydrogens (tertiary/aromatic N) is 2. The normalized spacial score (nSPS) is 19.7. The van der Waals surface area contributed by atoms with Crippen molar-refractivity contribution < 1.29 is 9.59 Å². The summed E-state index contributed by atoms with van der Waals surface area (Å²) in [5.74, 6) is -0.0163. The molecule has 0 atom stereocenters. The molecule has 21 heavy (non-hydrogen) atoms. The Morgan fingerprint density at radius 2 is 1.90 bits per heavy atom.